The van der Waals surface area contributed by atoms with E-state index in [2.05, 4.69) is 31.0 Å². The molecular weight excluding hydrogens is 553 g/mol. The number of methoxy groups -OCH3 is 1. The number of amides is 1. The minimum absolute atomic E-state index is 0.266. The summed E-state index contributed by atoms with van der Waals surface area (Å²) in [4.78, 5) is 23.4. The molecule has 1 atom stereocenters. The number of phenols is 1. The molecule has 0 radical (unpaired) electrons. The van der Waals surface area contributed by atoms with E-state index < -0.39 is 30.4 Å². The molecule has 0 saturated carbocycles. The summed E-state index contributed by atoms with van der Waals surface area (Å²) in [5.41, 5.74) is 0.693. The molecule has 166 valence electrons. The van der Waals surface area contributed by atoms with Gasteiger partial charge in [0, 0.05) is 11.5 Å². The van der Waals surface area contributed by atoms with Crippen molar-refractivity contribution in [3.05, 3.63) is 47.2 Å². The van der Waals surface area contributed by atoms with Gasteiger partial charge in [-0.2, -0.15) is 0 Å². The Labute approximate surface area is 188 Å². The van der Waals surface area contributed by atoms with Crippen molar-refractivity contribution in [3.63, 3.8) is 0 Å². The first-order chi connectivity index (χ1) is 14.0. The second-order valence-corrected chi connectivity index (χ2v) is 9.66. The zero-order chi connectivity index (χ0) is 23.3. The van der Waals surface area contributed by atoms with E-state index >= 15 is 0 Å². The number of anilines is 1. The quantitative estimate of drug-likeness (QED) is 0.241. The minimum atomic E-state index is -5.09. The number of aromatic nitrogens is 1. The van der Waals surface area contributed by atoms with Crippen molar-refractivity contribution in [2.75, 3.05) is 17.8 Å². The molecule has 0 fully saturated rings. The average molecular weight is 574 g/mol. The van der Waals surface area contributed by atoms with Crippen LogP contribution in [0.1, 0.15) is 18.8 Å². The van der Waals surface area contributed by atoms with Crippen LogP contribution >= 0.6 is 27.5 Å². The Hall–Kier alpha value is -1.91. The fourth-order valence-corrected chi connectivity index (χ4v) is 3.47. The smallest absolute Gasteiger partial charge is 0.292 e. The van der Waals surface area contributed by atoms with Crippen LogP contribution in [0.3, 0.4) is 0 Å². The average Bonchev–Trinajstić information content (AvgIpc) is 2.67. The van der Waals surface area contributed by atoms with Gasteiger partial charge in [0.15, 0.2) is 6.17 Å². The van der Waals surface area contributed by atoms with Gasteiger partial charge in [-0.1, -0.05) is 27.5 Å². The molecule has 9 nitrogen and oxygen atoms in total. The minimum Gasteiger partial charge on any atom is -0.471 e. The van der Waals surface area contributed by atoms with Gasteiger partial charge in [0.05, 0.1) is 17.8 Å². The number of pyridine rings is 1. The maximum atomic E-state index is 12.8. The van der Waals surface area contributed by atoms with Gasteiger partial charge in [0.2, 0.25) is 0 Å². The number of alkyl halides is 2. The summed E-state index contributed by atoms with van der Waals surface area (Å²) in [7, 11) is 1.31. The second-order valence-electron chi connectivity index (χ2n) is 5.28. The Morgan fingerprint density at radius 3 is 2.37 bits per heavy atom. The van der Waals surface area contributed by atoms with Crippen molar-refractivity contribution in [1.29, 1.82) is 0 Å². The molecule has 0 aliphatic heterocycles. The Kier molecular flexibility index (Phi) is 13.3. The summed E-state index contributed by atoms with van der Waals surface area (Å²) in [5, 5.41) is 12.5. The molecule has 0 saturated heterocycles. The van der Waals surface area contributed by atoms with Crippen molar-refractivity contribution >= 4 is 64.1 Å². The van der Waals surface area contributed by atoms with Gasteiger partial charge >= 0.3 is 88.1 Å². The fourth-order valence-electron chi connectivity index (χ4n) is 1.70. The topological polar surface area (TPSA) is 146 Å². The van der Waals surface area contributed by atoms with E-state index in [0.29, 0.717) is 17.2 Å². The maximum Gasteiger partial charge on any atom is 0.292 e. The summed E-state index contributed by atoms with van der Waals surface area (Å²) in [6.07, 6.45) is 0.388. The van der Waals surface area contributed by atoms with E-state index in [1.54, 1.807) is 12.1 Å². The number of carbonyl (C=O) groups is 2. The van der Waals surface area contributed by atoms with E-state index in [-0.39, 0.29) is 16.9 Å². The molecule has 0 spiro atoms. The Morgan fingerprint density at radius 2 is 2.00 bits per heavy atom. The van der Waals surface area contributed by atoms with Crippen LogP contribution < -0.4 is 9.67 Å². The van der Waals surface area contributed by atoms with Crippen molar-refractivity contribution in [3.8, 4) is 5.75 Å². The predicted octanol–water partition coefficient (Wildman–Crippen LogP) is 1.84. The first-order valence-corrected chi connectivity index (χ1v) is 12.8. The number of hydrogen-bond acceptors (Lipinski definition) is 6. The Morgan fingerprint density at radius 1 is 1.40 bits per heavy atom. The molecule has 0 aliphatic carbocycles. The van der Waals surface area contributed by atoms with E-state index in [4.69, 9.17) is 24.6 Å². The molecule has 2 aromatic rings. The third-order valence-electron chi connectivity index (χ3n) is 2.91. The zero-order valence-corrected chi connectivity index (χ0v) is 20.0. The summed E-state index contributed by atoms with van der Waals surface area (Å²) >= 11 is 3.50. The normalized spacial score (nSPS) is 11.0. The monoisotopic (exact) mass is 572 g/mol. The molecule has 1 aromatic carbocycles. The number of nitrogens with zero attached hydrogens (tertiary/aromatic N) is 1. The Bertz CT molecular complexity index is 868. The first-order valence-electron chi connectivity index (χ1n) is 7.90. The number of rotatable bonds is 5. The summed E-state index contributed by atoms with van der Waals surface area (Å²) in [5.74, 6) is -0.850. The number of phenolic OH excluding ortho intramolecular Hbond substituents is 1. The van der Waals surface area contributed by atoms with Gasteiger partial charge in [0.1, 0.15) is 0 Å². The van der Waals surface area contributed by atoms with Crippen molar-refractivity contribution in [2.24, 2.45) is 0 Å². The Balaban J connectivity index is 0.000000491. The number of ether oxygens (including phenoxy) is 1. The van der Waals surface area contributed by atoms with Gasteiger partial charge in [-0.25, -0.2) is 4.39 Å². The van der Waals surface area contributed by atoms with Gasteiger partial charge in [-0.05, 0) is 12.1 Å². The van der Waals surface area contributed by atoms with E-state index in [1.807, 2.05) is 0 Å². The van der Waals surface area contributed by atoms with E-state index in [0.717, 1.165) is 12.1 Å². The SMILES string of the molecule is CC(=O)Nc1ccc([As](=O)(O)O)c(O)c1.COC=O.FC(CBr)c1ccc(Cl)cn1. The van der Waals surface area contributed by atoms with Gasteiger partial charge in [0.25, 0.3) is 6.47 Å². The molecule has 2 rings (SSSR count). The van der Waals surface area contributed by atoms with Crippen LogP contribution in [0.5, 0.6) is 5.75 Å². The number of halogens is 3. The van der Waals surface area contributed by atoms with Crippen LogP contribution in [-0.2, 0) is 18.1 Å². The largest absolute Gasteiger partial charge is 0.471 e. The van der Waals surface area contributed by atoms with Crippen LogP contribution in [0.15, 0.2) is 36.5 Å². The third-order valence-corrected chi connectivity index (χ3v) is 5.81. The van der Waals surface area contributed by atoms with Crippen LogP contribution in [0.4, 0.5) is 10.1 Å². The van der Waals surface area contributed by atoms with Crippen LogP contribution in [0.25, 0.3) is 0 Å². The fraction of sp³-hybridized carbons (Fsp3) is 0.235. The molecule has 1 amide bonds. The van der Waals surface area contributed by atoms with Gasteiger partial charge < -0.3 is 4.74 Å². The summed E-state index contributed by atoms with van der Waals surface area (Å²) < 4.78 is 44.9. The van der Waals surface area contributed by atoms with Crippen LogP contribution in [-0.4, -0.2) is 57.3 Å². The van der Waals surface area contributed by atoms with Crippen LogP contribution in [0, 0.1) is 0 Å². The maximum absolute atomic E-state index is 12.8. The second kappa shape index (κ2) is 14.2. The standard InChI is InChI=1S/C8H10AsNO5.C7H6BrClFN.C2H4O2/c1-5(11)10-6-2-3-7(8(12)4-6)9(13,14)15;8-3-6(10)7-2-1-5(9)4-11-7;1-4-2-3/h2-4,12H,1H3,(H,10,11)(H2,13,14,15);1-2,4,6H,3H2;2H,1H3. The van der Waals surface area contributed by atoms with Gasteiger partial charge in [-0.15, -0.1) is 0 Å². The number of hydrogen-bond donors (Lipinski definition) is 4. The van der Waals surface area contributed by atoms with Crippen molar-refractivity contribution < 1.29 is 35.8 Å². The molecule has 0 aliphatic rings. The molecule has 0 bridgehead atoms. The van der Waals surface area contributed by atoms with Crippen molar-refractivity contribution in [2.45, 2.75) is 13.1 Å². The molecule has 4 N–H and O–H groups in total. The molecule has 13 heteroatoms. The third kappa shape index (κ3) is 11.3. The van der Waals surface area contributed by atoms with E-state index in [9.17, 15) is 18.0 Å². The first kappa shape index (κ1) is 28.1. The van der Waals surface area contributed by atoms with Gasteiger partial charge in [-0.3, -0.25) is 9.78 Å². The molecule has 1 unspecified atom stereocenters. The number of benzene rings is 1. The zero-order valence-electron chi connectivity index (χ0n) is 15.8. The number of aromatic hydroxyl groups is 1. The van der Waals surface area contributed by atoms with Crippen molar-refractivity contribution in [1.82, 2.24) is 4.98 Å². The molecule has 30 heavy (non-hydrogen) atoms. The molecule has 1 aromatic heterocycles. The predicted molar refractivity (Wildman–Crippen MR) is 113 cm³/mol. The molecular formula is C17H20AsBrClFN2O7. The summed E-state index contributed by atoms with van der Waals surface area (Å²) in [6.45, 7) is 1.66. The number of nitrogens with one attached hydrogen (secondary N) is 1. The van der Waals surface area contributed by atoms with Crippen LogP contribution in [0.2, 0.25) is 5.02 Å². The summed E-state index contributed by atoms with van der Waals surface area (Å²) in [6, 6.07) is 6.71. The number of carbonyl (C=O) groups excluding carboxylic acids is 2. The molecule has 1 heterocycles. The van der Waals surface area contributed by atoms with E-state index in [1.165, 1.54) is 26.3 Å².